The van der Waals surface area contributed by atoms with Crippen LogP contribution in [0, 0.1) is 12.3 Å². The highest BCUT2D eigenvalue weighted by Crippen LogP contribution is 2.43. The van der Waals surface area contributed by atoms with E-state index < -0.39 is 24.3 Å². The van der Waals surface area contributed by atoms with Crippen LogP contribution in [0.3, 0.4) is 0 Å². The predicted molar refractivity (Wildman–Crippen MR) is 98.0 cm³/mol. The number of ether oxygens (including phenoxy) is 3. The van der Waals surface area contributed by atoms with E-state index in [4.69, 9.17) is 20.6 Å². The Hall–Kier alpha value is -2.28. The molecule has 4 heterocycles. The summed E-state index contributed by atoms with van der Waals surface area (Å²) in [5.41, 5.74) is 1.20. The Morgan fingerprint density at radius 1 is 1.25 bits per heavy atom. The monoisotopic (exact) mass is 387 g/mol. The third-order valence-electron chi connectivity index (χ3n) is 5.54. The molecule has 148 valence electrons. The molecular weight excluding hydrogens is 365 g/mol. The second-order valence-electron chi connectivity index (χ2n) is 7.98. The van der Waals surface area contributed by atoms with Crippen molar-refractivity contribution in [2.24, 2.45) is 0 Å². The Bertz CT molecular complexity index is 941. The standard InChI is InChI=1S/C19H22FN5O3/c1-4-12-14-15(28-19(2,3)27-14)18(26-12)25-9-23-13-16(21-8-22-17(13)25)24-11-6-5-10(20)7-11/h1,8-12,14-15,18H,5-7H2,2-3H3,(H,21,22,24)/t10?,11?,12-,14-,15+,18-/m1/s1. The molecule has 28 heavy (non-hydrogen) atoms. The van der Waals surface area contributed by atoms with Crippen molar-refractivity contribution in [1.29, 1.82) is 0 Å². The van der Waals surface area contributed by atoms with Crippen LogP contribution in [-0.4, -0.2) is 55.8 Å². The molecular formula is C19H22FN5O3. The van der Waals surface area contributed by atoms with Gasteiger partial charge < -0.3 is 19.5 Å². The van der Waals surface area contributed by atoms with Gasteiger partial charge in [0.2, 0.25) is 0 Å². The van der Waals surface area contributed by atoms with Crippen molar-refractivity contribution in [3.8, 4) is 12.3 Å². The van der Waals surface area contributed by atoms with E-state index in [-0.39, 0.29) is 18.2 Å². The Morgan fingerprint density at radius 2 is 2.07 bits per heavy atom. The Balaban J connectivity index is 1.47. The number of fused-ring (bicyclic) bond motifs is 2. The first kappa shape index (κ1) is 17.8. The first-order valence-corrected chi connectivity index (χ1v) is 9.50. The summed E-state index contributed by atoms with van der Waals surface area (Å²) in [6.07, 6.45) is 8.03. The summed E-state index contributed by atoms with van der Waals surface area (Å²) in [5, 5.41) is 3.30. The average Bonchev–Trinajstić information content (AvgIpc) is 3.38. The van der Waals surface area contributed by atoms with Gasteiger partial charge in [0.15, 0.2) is 29.0 Å². The molecule has 2 unspecified atom stereocenters. The lowest BCUT2D eigenvalue weighted by atomic mass is 10.1. The number of hydrogen-bond donors (Lipinski definition) is 1. The quantitative estimate of drug-likeness (QED) is 0.808. The maximum atomic E-state index is 13.5. The van der Waals surface area contributed by atoms with E-state index in [1.807, 2.05) is 13.8 Å². The summed E-state index contributed by atoms with van der Waals surface area (Å²) in [6.45, 7) is 3.71. The van der Waals surface area contributed by atoms with E-state index in [0.29, 0.717) is 29.8 Å². The van der Waals surface area contributed by atoms with Gasteiger partial charge in [-0.05, 0) is 33.1 Å². The normalized spacial score (nSPS) is 36.5. The average molecular weight is 387 g/mol. The third kappa shape index (κ3) is 2.83. The Morgan fingerprint density at radius 3 is 2.82 bits per heavy atom. The highest BCUT2D eigenvalue weighted by atomic mass is 19.1. The summed E-state index contributed by atoms with van der Waals surface area (Å²) in [6, 6.07) is 0.0450. The van der Waals surface area contributed by atoms with Gasteiger partial charge in [-0.2, -0.15) is 0 Å². The molecule has 2 aromatic heterocycles. The zero-order valence-electron chi connectivity index (χ0n) is 15.7. The maximum absolute atomic E-state index is 13.5. The smallest absolute Gasteiger partial charge is 0.167 e. The molecule has 2 aliphatic heterocycles. The van der Waals surface area contributed by atoms with Gasteiger partial charge >= 0.3 is 0 Å². The van der Waals surface area contributed by atoms with E-state index in [1.54, 1.807) is 10.9 Å². The fraction of sp³-hybridized carbons (Fsp3) is 0.632. The van der Waals surface area contributed by atoms with Crippen molar-refractivity contribution in [1.82, 2.24) is 19.5 Å². The second kappa shape index (κ2) is 6.37. The van der Waals surface area contributed by atoms with Crippen LogP contribution >= 0.6 is 0 Å². The highest BCUT2D eigenvalue weighted by Gasteiger charge is 2.55. The van der Waals surface area contributed by atoms with Gasteiger partial charge in [0.05, 0.1) is 6.33 Å². The van der Waals surface area contributed by atoms with E-state index in [1.165, 1.54) is 6.33 Å². The van der Waals surface area contributed by atoms with Crippen molar-refractivity contribution in [3.63, 3.8) is 0 Å². The minimum absolute atomic E-state index is 0.0450. The zero-order chi connectivity index (χ0) is 19.5. The maximum Gasteiger partial charge on any atom is 0.167 e. The molecule has 8 nitrogen and oxygen atoms in total. The third-order valence-corrected chi connectivity index (χ3v) is 5.54. The van der Waals surface area contributed by atoms with Crippen molar-refractivity contribution in [3.05, 3.63) is 12.7 Å². The van der Waals surface area contributed by atoms with E-state index in [0.717, 1.165) is 6.42 Å². The van der Waals surface area contributed by atoms with Crippen molar-refractivity contribution in [2.75, 3.05) is 5.32 Å². The van der Waals surface area contributed by atoms with E-state index >= 15 is 0 Å². The van der Waals surface area contributed by atoms with Gasteiger partial charge in [-0.15, -0.1) is 6.42 Å². The number of alkyl halides is 1. The molecule has 6 atom stereocenters. The largest absolute Gasteiger partial charge is 0.365 e. The van der Waals surface area contributed by atoms with Crippen LogP contribution in [0.1, 0.15) is 39.3 Å². The lowest BCUT2D eigenvalue weighted by Crippen LogP contribution is -2.28. The summed E-state index contributed by atoms with van der Waals surface area (Å²) in [5.74, 6) is 2.49. The zero-order valence-corrected chi connectivity index (χ0v) is 15.7. The second-order valence-corrected chi connectivity index (χ2v) is 7.98. The molecule has 9 heteroatoms. The summed E-state index contributed by atoms with van der Waals surface area (Å²) in [4.78, 5) is 13.2. The summed E-state index contributed by atoms with van der Waals surface area (Å²) < 4.78 is 33.3. The van der Waals surface area contributed by atoms with Crippen LogP contribution in [0.25, 0.3) is 11.2 Å². The van der Waals surface area contributed by atoms with E-state index in [9.17, 15) is 4.39 Å². The van der Waals surface area contributed by atoms with Gasteiger partial charge in [0, 0.05) is 6.04 Å². The molecule has 0 bridgehead atoms. The lowest BCUT2D eigenvalue weighted by molar-refractivity contribution is -0.190. The molecule has 1 saturated carbocycles. The minimum Gasteiger partial charge on any atom is -0.365 e. The number of nitrogens with zero attached hydrogens (tertiary/aromatic N) is 4. The number of terminal acetylenes is 1. The topological polar surface area (TPSA) is 83.3 Å². The summed E-state index contributed by atoms with van der Waals surface area (Å²) in [7, 11) is 0. The van der Waals surface area contributed by atoms with Crippen molar-refractivity contribution >= 4 is 17.0 Å². The summed E-state index contributed by atoms with van der Waals surface area (Å²) >= 11 is 0. The van der Waals surface area contributed by atoms with Crippen LogP contribution < -0.4 is 5.32 Å². The van der Waals surface area contributed by atoms with Crippen molar-refractivity contribution < 1.29 is 18.6 Å². The number of imidazole rings is 1. The number of anilines is 1. The number of hydrogen-bond acceptors (Lipinski definition) is 7. The molecule has 2 saturated heterocycles. The Kier molecular flexibility index (Phi) is 4.05. The molecule has 1 N–H and O–H groups in total. The number of aromatic nitrogens is 4. The molecule has 2 aromatic rings. The van der Waals surface area contributed by atoms with Crippen LogP contribution in [-0.2, 0) is 14.2 Å². The molecule has 0 radical (unpaired) electrons. The minimum atomic E-state index is -0.764. The lowest BCUT2D eigenvalue weighted by Gasteiger charge is -2.23. The molecule has 0 spiro atoms. The fourth-order valence-corrected chi connectivity index (χ4v) is 4.33. The molecule has 5 rings (SSSR count). The van der Waals surface area contributed by atoms with Gasteiger partial charge in [-0.1, -0.05) is 5.92 Å². The first-order valence-electron chi connectivity index (χ1n) is 9.50. The molecule has 1 aliphatic carbocycles. The molecule has 0 amide bonds. The van der Waals surface area contributed by atoms with Crippen LogP contribution in [0.5, 0.6) is 0 Å². The van der Waals surface area contributed by atoms with Crippen LogP contribution in [0.4, 0.5) is 10.2 Å². The molecule has 3 fully saturated rings. The predicted octanol–water partition coefficient (Wildman–Crippen LogP) is 2.18. The van der Waals surface area contributed by atoms with Gasteiger partial charge in [-0.25, -0.2) is 19.3 Å². The van der Waals surface area contributed by atoms with Gasteiger partial charge in [-0.3, -0.25) is 4.57 Å². The SMILES string of the molecule is C#C[C@H]1O[C@@H](n2cnc3c(NC4CCC(F)C4)ncnc32)[C@H]2OC(C)(C)O[C@@H]21. The van der Waals surface area contributed by atoms with E-state index in [2.05, 4.69) is 26.2 Å². The highest BCUT2D eigenvalue weighted by molar-refractivity contribution is 5.82. The molecule has 0 aromatic carbocycles. The van der Waals surface area contributed by atoms with Crippen LogP contribution in [0.2, 0.25) is 0 Å². The van der Waals surface area contributed by atoms with Crippen molar-refractivity contribution in [2.45, 2.75) is 75.7 Å². The number of rotatable bonds is 3. The van der Waals surface area contributed by atoms with Gasteiger partial charge in [0.1, 0.15) is 30.8 Å². The number of nitrogens with one attached hydrogen (secondary N) is 1. The molecule has 3 aliphatic rings. The van der Waals surface area contributed by atoms with Crippen LogP contribution in [0.15, 0.2) is 12.7 Å². The first-order chi connectivity index (χ1) is 13.4. The number of halogens is 1. The van der Waals surface area contributed by atoms with Gasteiger partial charge in [0.25, 0.3) is 0 Å². The fourth-order valence-electron chi connectivity index (χ4n) is 4.33. The Labute approximate surface area is 161 Å².